The van der Waals surface area contributed by atoms with Gasteiger partial charge in [-0.1, -0.05) is 24.3 Å². The topological polar surface area (TPSA) is 52.6 Å². The summed E-state index contributed by atoms with van der Waals surface area (Å²) in [7, 11) is 1.55. The van der Waals surface area contributed by atoms with E-state index in [-0.39, 0.29) is 12.2 Å². The van der Waals surface area contributed by atoms with Gasteiger partial charge in [0.05, 0.1) is 13.5 Å². The molecule has 1 unspecified atom stereocenters. The van der Waals surface area contributed by atoms with Gasteiger partial charge in [-0.2, -0.15) is 0 Å². The molecule has 4 heteroatoms. The minimum atomic E-state index is -0.831. The van der Waals surface area contributed by atoms with Gasteiger partial charge in [-0.25, -0.2) is 0 Å². The summed E-state index contributed by atoms with van der Waals surface area (Å²) in [4.78, 5) is 24.8. The van der Waals surface area contributed by atoms with Crippen molar-refractivity contribution in [3.05, 3.63) is 64.2 Å². The van der Waals surface area contributed by atoms with E-state index in [1.165, 1.54) is 0 Å². The van der Waals surface area contributed by atoms with Gasteiger partial charge in [0.15, 0.2) is 6.10 Å². The molecule has 0 aromatic heterocycles. The number of ether oxygens (including phenoxy) is 2. The van der Waals surface area contributed by atoms with E-state index < -0.39 is 12.1 Å². The van der Waals surface area contributed by atoms with Crippen LogP contribution < -0.4 is 4.74 Å². The molecule has 0 saturated heterocycles. The normalized spacial score (nSPS) is 11.7. The highest BCUT2D eigenvalue weighted by molar-refractivity contribution is 6.01. The van der Waals surface area contributed by atoms with Gasteiger partial charge in [-0.3, -0.25) is 9.59 Å². The zero-order valence-electron chi connectivity index (χ0n) is 15.4. The number of para-hydroxylation sites is 1. The second-order valence-corrected chi connectivity index (χ2v) is 6.24. The Bertz CT molecular complexity index is 792. The number of hydrogen-bond donors (Lipinski definition) is 0. The van der Waals surface area contributed by atoms with Crippen molar-refractivity contribution >= 4 is 11.8 Å². The van der Waals surface area contributed by atoms with Crippen LogP contribution in [0.4, 0.5) is 0 Å². The smallest absolute Gasteiger partial charge is 0.311 e. The first-order valence-corrected chi connectivity index (χ1v) is 8.27. The van der Waals surface area contributed by atoms with E-state index in [0.29, 0.717) is 11.3 Å². The van der Waals surface area contributed by atoms with E-state index >= 15 is 0 Å². The average Bonchev–Trinajstić information content (AvgIpc) is 2.57. The third-order valence-electron chi connectivity index (χ3n) is 4.31. The van der Waals surface area contributed by atoms with Crippen LogP contribution in [0.15, 0.2) is 36.4 Å². The van der Waals surface area contributed by atoms with Crippen molar-refractivity contribution in [2.75, 3.05) is 7.11 Å². The Morgan fingerprint density at radius 3 is 2.32 bits per heavy atom. The highest BCUT2D eigenvalue weighted by Gasteiger charge is 2.22. The van der Waals surface area contributed by atoms with Gasteiger partial charge in [0, 0.05) is 11.1 Å². The van der Waals surface area contributed by atoms with Gasteiger partial charge in [-0.05, 0) is 56.5 Å². The van der Waals surface area contributed by atoms with Gasteiger partial charge in [0.25, 0.3) is 0 Å². The first-order chi connectivity index (χ1) is 11.8. The Hall–Kier alpha value is -2.62. The van der Waals surface area contributed by atoms with Crippen molar-refractivity contribution in [3.8, 4) is 5.75 Å². The van der Waals surface area contributed by atoms with E-state index in [4.69, 9.17) is 9.47 Å². The van der Waals surface area contributed by atoms with Gasteiger partial charge in [0.1, 0.15) is 5.75 Å². The molecule has 0 bridgehead atoms. The second kappa shape index (κ2) is 7.97. The molecular weight excluding hydrogens is 316 g/mol. The fourth-order valence-corrected chi connectivity index (χ4v) is 2.74. The lowest BCUT2D eigenvalue weighted by atomic mass is 9.96. The number of rotatable bonds is 6. The van der Waals surface area contributed by atoms with E-state index in [9.17, 15) is 9.59 Å². The summed E-state index contributed by atoms with van der Waals surface area (Å²) in [6.07, 6.45) is -0.768. The van der Waals surface area contributed by atoms with E-state index in [1.54, 1.807) is 26.2 Å². The Morgan fingerprint density at radius 1 is 1.00 bits per heavy atom. The molecule has 0 aliphatic carbocycles. The number of carbonyl (C=O) groups is 2. The van der Waals surface area contributed by atoms with Crippen LogP contribution in [0.2, 0.25) is 0 Å². The summed E-state index contributed by atoms with van der Waals surface area (Å²) < 4.78 is 10.6. The van der Waals surface area contributed by atoms with Crippen LogP contribution in [0, 0.1) is 20.8 Å². The maximum absolute atomic E-state index is 12.6. The fraction of sp³-hybridized carbons (Fsp3) is 0.333. The second-order valence-electron chi connectivity index (χ2n) is 6.24. The number of methoxy groups -OCH3 is 1. The van der Waals surface area contributed by atoms with Crippen molar-refractivity contribution in [3.63, 3.8) is 0 Å². The summed E-state index contributed by atoms with van der Waals surface area (Å²) in [5.41, 5.74) is 4.40. The predicted octanol–water partition coefficient (Wildman–Crippen LogP) is 3.98. The molecule has 1 atom stereocenters. The minimum absolute atomic E-state index is 0.0630. The third-order valence-corrected chi connectivity index (χ3v) is 4.31. The van der Waals surface area contributed by atoms with Gasteiger partial charge in [-0.15, -0.1) is 0 Å². The van der Waals surface area contributed by atoms with Gasteiger partial charge < -0.3 is 9.47 Å². The summed E-state index contributed by atoms with van der Waals surface area (Å²) in [6, 6.07) is 11.1. The molecule has 0 amide bonds. The van der Waals surface area contributed by atoms with Crippen LogP contribution in [0.5, 0.6) is 5.75 Å². The van der Waals surface area contributed by atoms with Crippen LogP contribution in [-0.2, 0) is 16.0 Å². The molecule has 0 fully saturated rings. The molecule has 0 heterocycles. The van der Waals surface area contributed by atoms with Crippen LogP contribution in [0.25, 0.3) is 0 Å². The highest BCUT2D eigenvalue weighted by atomic mass is 16.5. The number of ketones is 1. The van der Waals surface area contributed by atoms with Crippen LogP contribution in [0.3, 0.4) is 0 Å². The summed E-state index contributed by atoms with van der Waals surface area (Å²) >= 11 is 0. The number of Topliss-reactive ketones (excluding diaryl/α,β-unsaturated/α-hetero) is 1. The maximum Gasteiger partial charge on any atom is 0.311 e. The lowest BCUT2D eigenvalue weighted by Gasteiger charge is -2.15. The zero-order chi connectivity index (χ0) is 18.6. The van der Waals surface area contributed by atoms with Crippen molar-refractivity contribution < 1.29 is 19.1 Å². The van der Waals surface area contributed by atoms with E-state index in [1.807, 2.05) is 45.0 Å². The number of benzene rings is 2. The summed E-state index contributed by atoms with van der Waals surface area (Å²) in [6.45, 7) is 7.47. The minimum Gasteiger partial charge on any atom is -0.496 e. The van der Waals surface area contributed by atoms with E-state index in [0.717, 1.165) is 22.3 Å². The SMILES string of the molecule is COc1ccccc1CC(=O)OC(C)C(=O)c1cc(C)c(C)cc1C. The van der Waals surface area contributed by atoms with Crippen LogP contribution >= 0.6 is 0 Å². The molecule has 25 heavy (non-hydrogen) atoms. The van der Waals surface area contributed by atoms with Crippen LogP contribution in [-0.4, -0.2) is 25.0 Å². The maximum atomic E-state index is 12.6. The molecule has 4 nitrogen and oxygen atoms in total. The van der Waals surface area contributed by atoms with Crippen LogP contribution in [0.1, 0.15) is 39.5 Å². The summed E-state index contributed by atoms with van der Waals surface area (Å²) in [5.74, 6) is -0.00996. The van der Waals surface area contributed by atoms with Crippen molar-refractivity contribution in [2.24, 2.45) is 0 Å². The Kier molecular flexibility index (Phi) is 5.97. The molecule has 2 rings (SSSR count). The largest absolute Gasteiger partial charge is 0.496 e. The van der Waals surface area contributed by atoms with Gasteiger partial charge in [0.2, 0.25) is 5.78 Å². The third kappa shape index (κ3) is 4.47. The first kappa shape index (κ1) is 18.7. The molecular formula is C21H24O4. The molecule has 0 radical (unpaired) electrons. The lowest BCUT2D eigenvalue weighted by molar-refractivity contribution is -0.145. The zero-order valence-corrected chi connectivity index (χ0v) is 15.4. The molecule has 2 aromatic carbocycles. The molecule has 0 N–H and O–H groups in total. The molecule has 0 aliphatic rings. The number of aryl methyl sites for hydroxylation is 3. The quantitative estimate of drug-likeness (QED) is 0.590. The van der Waals surface area contributed by atoms with Crippen molar-refractivity contribution in [1.82, 2.24) is 0 Å². The monoisotopic (exact) mass is 340 g/mol. The Labute approximate surface area is 148 Å². The number of esters is 1. The first-order valence-electron chi connectivity index (χ1n) is 8.27. The molecule has 0 spiro atoms. The molecule has 0 saturated carbocycles. The lowest BCUT2D eigenvalue weighted by Crippen LogP contribution is -2.26. The number of hydrogen-bond acceptors (Lipinski definition) is 4. The standard InChI is InChI=1S/C21H24O4/c1-13-10-15(3)18(11-14(13)2)21(23)16(4)25-20(22)12-17-8-6-7-9-19(17)24-5/h6-11,16H,12H2,1-5H3. The predicted molar refractivity (Wildman–Crippen MR) is 97.2 cm³/mol. The number of carbonyl (C=O) groups excluding carboxylic acids is 2. The fourth-order valence-electron chi connectivity index (χ4n) is 2.74. The van der Waals surface area contributed by atoms with E-state index in [2.05, 4.69) is 0 Å². The molecule has 132 valence electrons. The highest BCUT2D eigenvalue weighted by Crippen LogP contribution is 2.20. The Morgan fingerprint density at radius 2 is 1.64 bits per heavy atom. The summed E-state index contributed by atoms with van der Waals surface area (Å²) in [5, 5.41) is 0. The average molecular weight is 340 g/mol. The van der Waals surface area contributed by atoms with Crippen molar-refractivity contribution in [2.45, 2.75) is 40.2 Å². The Balaban J connectivity index is 2.08. The molecule has 0 aliphatic heterocycles. The molecule has 2 aromatic rings. The van der Waals surface area contributed by atoms with Crippen molar-refractivity contribution in [1.29, 1.82) is 0 Å². The van der Waals surface area contributed by atoms with Gasteiger partial charge >= 0.3 is 5.97 Å².